The third-order valence-electron chi connectivity index (χ3n) is 12.2. The van der Waals surface area contributed by atoms with Crippen LogP contribution in [0.15, 0.2) is 235 Å². The van der Waals surface area contributed by atoms with Crippen molar-refractivity contribution >= 4 is 71.6 Å². The van der Waals surface area contributed by atoms with Crippen molar-refractivity contribution in [2.45, 2.75) is 0 Å². The van der Waals surface area contributed by atoms with Crippen molar-refractivity contribution in [1.82, 2.24) is 4.57 Å². The minimum atomic E-state index is 0.857. The number of aromatic nitrogens is 1. The number of anilines is 3. The number of rotatable bonds is 7. The summed E-state index contributed by atoms with van der Waals surface area (Å²) in [7, 11) is 0. The Morgan fingerprint density at radius 3 is 1.70 bits per heavy atom. The van der Waals surface area contributed by atoms with Gasteiger partial charge in [-0.3, -0.25) is 0 Å². The maximum Gasteiger partial charge on any atom is 0.136 e. The van der Waals surface area contributed by atoms with Crippen LogP contribution in [0.5, 0.6) is 0 Å². The first-order chi connectivity index (χ1) is 30.3. The molecule has 0 N–H and O–H groups in total. The van der Waals surface area contributed by atoms with Crippen molar-refractivity contribution in [3.05, 3.63) is 231 Å². The molecule has 0 aliphatic carbocycles. The van der Waals surface area contributed by atoms with E-state index in [0.29, 0.717) is 0 Å². The molecule has 3 nitrogen and oxygen atoms in total. The number of fused-ring (bicyclic) bond motifs is 8. The van der Waals surface area contributed by atoms with E-state index in [0.717, 1.165) is 61.2 Å². The van der Waals surface area contributed by atoms with Gasteiger partial charge in [0.15, 0.2) is 0 Å². The highest BCUT2D eigenvalue weighted by Gasteiger charge is 2.22. The molecule has 12 rings (SSSR count). The Labute approximate surface area is 353 Å². The molecule has 61 heavy (non-hydrogen) atoms. The number of benzene rings is 10. The molecule has 12 aromatic rings. The van der Waals surface area contributed by atoms with Gasteiger partial charge in [-0.1, -0.05) is 164 Å². The quantitative estimate of drug-likeness (QED) is 0.161. The Hall–Kier alpha value is -8.14. The minimum absolute atomic E-state index is 0.857. The Balaban J connectivity index is 1.07. The lowest BCUT2D eigenvalue weighted by Gasteiger charge is -2.28. The first kappa shape index (κ1) is 34.9. The molecule has 0 aliphatic heterocycles. The summed E-state index contributed by atoms with van der Waals surface area (Å²) in [5.74, 6) is 0. The molecule has 2 heterocycles. The zero-order valence-corrected chi connectivity index (χ0v) is 33.2. The number of furan rings is 1. The molecule has 10 aromatic carbocycles. The SMILES string of the molecule is c1ccc(-c2ccc(N(c3ccc4oc5cc(-c6cccc7c6c6ccccc6n7-c6ccccc6)c6ccccc6c5c4c3)c3ccccc3-c3ccccc3)cc2)cc1. The fourth-order valence-corrected chi connectivity index (χ4v) is 9.48. The van der Waals surface area contributed by atoms with Gasteiger partial charge < -0.3 is 13.9 Å². The van der Waals surface area contributed by atoms with Crippen LogP contribution in [0.2, 0.25) is 0 Å². The lowest BCUT2D eigenvalue weighted by Crippen LogP contribution is -2.11. The Bertz CT molecular complexity index is 3570. The average molecular weight is 779 g/mol. The maximum absolute atomic E-state index is 6.88. The summed E-state index contributed by atoms with van der Waals surface area (Å²) < 4.78 is 9.26. The van der Waals surface area contributed by atoms with Gasteiger partial charge in [-0.2, -0.15) is 0 Å². The van der Waals surface area contributed by atoms with E-state index >= 15 is 0 Å². The van der Waals surface area contributed by atoms with Crippen molar-refractivity contribution in [3.63, 3.8) is 0 Å². The minimum Gasteiger partial charge on any atom is -0.456 e. The van der Waals surface area contributed by atoms with Gasteiger partial charge in [0.25, 0.3) is 0 Å². The van der Waals surface area contributed by atoms with Gasteiger partial charge in [0.05, 0.1) is 16.7 Å². The highest BCUT2D eigenvalue weighted by Crippen LogP contribution is 2.47. The summed E-state index contributed by atoms with van der Waals surface area (Å²) in [5.41, 5.74) is 15.5. The van der Waals surface area contributed by atoms with Crippen LogP contribution >= 0.6 is 0 Å². The second-order valence-electron chi connectivity index (χ2n) is 15.6. The molecule has 0 fully saturated rings. The van der Waals surface area contributed by atoms with E-state index in [4.69, 9.17) is 4.42 Å². The van der Waals surface area contributed by atoms with E-state index in [2.05, 4.69) is 240 Å². The fraction of sp³-hybridized carbons (Fsp3) is 0. The zero-order valence-electron chi connectivity index (χ0n) is 33.2. The highest BCUT2D eigenvalue weighted by molar-refractivity contribution is 6.25. The molecule has 0 bridgehead atoms. The van der Waals surface area contributed by atoms with Crippen molar-refractivity contribution in [2.24, 2.45) is 0 Å². The molecule has 0 unspecified atom stereocenters. The van der Waals surface area contributed by atoms with Crippen LogP contribution < -0.4 is 4.90 Å². The van der Waals surface area contributed by atoms with E-state index in [1.54, 1.807) is 0 Å². The lowest BCUT2D eigenvalue weighted by molar-refractivity contribution is 0.669. The van der Waals surface area contributed by atoms with Crippen LogP contribution in [0.4, 0.5) is 17.1 Å². The van der Waals surface area contributed by atoms with Crippen LogP contribution in [0.1, 0.15) is 0 Å². The number of hydrogen-bond acceptors (Lipinski definition) is 2. The largest absolute Gasteiger partial charge is 0.456 e. The smallest absolute Gasteiger partial charge is 0.136 e. The van der Waals surface area contributed by atoms with Crippen LogP contribution in [-0.4, -0.2) is 4.57 Å². The topological polar surface area (TPSA) is 21.3 Å². The van der Waals surface area contributed by atoms with E-state index in [1.165, 1.54) is 49.4 Å². The number of para-hydroxylation sites is 3. The average Bonchev–Trinajstić information content (AvgIpc) is 3.88. The van der Waals surface area contributed by atoms with E-state index < -0.39 is 0 Å². The van der Waals surface area contributed by atoms with E-state index in [1.807, 2.05) is 0 Å². The van der Waals surface area contributed by atoms with Gasteiger partial charge in [0.2, 0.25) is 0 Å². The van der Waals surface area contributed by atoms with Gasteiger partial charge in [0, 0.05) is 44.2 Å². The summed E-state index contributed by atoms with van der Waals surface area (Å²) >= 11 is 0. The summed E-state index contributed by atoms with van der Waals surface area (Å²) in [6.07, 6.45) is 0. The normalized spacial score (nSPS) is 11.6. The molecule has 0 atom stereocenters. The molecule has 0 spiro atoms. The molecule has 3 heteroatoms. The predicted molar refractivity (Wildman–Crippen MR) is 257 cm³/mol. The summed E-state index contributed by atoms with van der Waals surface area (Å²) in [4.78, 5) is 2.38. The molecule has 2 aromatic heterocycles. The van der Waals surface area contributed by atoms with E-state index in [-0.39, 0.29) is 0 Å². The van der Waals surface area contributed by atoms with E-state index in [9.17, 15) is 0 Å². The first-order valence-corrected chi connectivity index (χ1v) is 20.8. The van der Waals surface area contributed by atoms with Crippen LogP contribution in [0, 0.1) is 0 Å². The van der Waals surface area contributed by atoms with Crippen LogP contribution in [0.25, 0.3) is 93.6 Å². The maximum atomic E-state index is 6.88. The standard InChI is InChI=1S/C58H38N2O/c1-4-17-39(18-5-1)40-31-33-43(34-32-40)59(52-28-14-12-23-45(52)41-19-6-2-7-20-41)44-35-36-55-51(37-44)58-47-25-11-10-24-46(47)50(38-56(58)61-55)48-27-16-30-54-57(48)49-26-13-15-29-53(49)60(54)42-21-8-3-9-22-42/h1-38H. The highest BCUT2D eigenvalue weighted by atomic mass is 16.3. The third-order valence-corrected chi connectivity index (χ3v) is 12.2. The molecule has 0 amide bonds. The first-order valence-electron chi connectivity index (χ1n) is 20.8. The van der Waals surface area contributed by atoms with Gasteiger partial charge in [-0.25, -0.2) is 0 Å². The van der Waals surface area contributed by atoms with Crippen molar-refractivity contribution in [2.75, 3.05) is 4.90 Å². The second kappa shape index (κ2) is 14.3. The molecule has 0 radical (unpaired) electrons. The van der Waals surface area contributed by atoms with Gasteiger partial charge in [-0.15, -0.1) is 0 Å². The molecule has 0 saturated heterocycles. The molecule has 286 valence electrons. The molecular formula is C58H38N2O. The molecular weight excluding hydrogens is 741 g/mol. The van der Waals surface area contributed by atoms with Crippen molar-refractivity contribution in [3.8, 4) is 39.1 Å². The van der Waals surface area contributed by atoms with Crippen molar-refractivity contribution < 1.29 is 4.42 Å². The summed E-state index contributed by atoms with van der Waals surface area (Å²) in [6.45, 7) is 0. The molecule has 0 saturated carbocycles. The Kier molecular flexibility index (Phi) is 8.17. The molecule has 0 aliphatic rings. The van der Waals surface area contributed by atoms with Gasteiger partial charge in [-0.05, 0) is 105 Å². The number of hydrogen-bond donors (Lipinski definition) is 0. The predicted octanol–water partition coefficient (Wildman–Crippen LogP) is 16.3. The van der Waals surface area contributed by atoms with Gasteiger partial charge >= 0.3 is 0 Å². The van der Waals surface area contributed by atoms with Crippen molar-refractivity contribution in [1.29, 1.82) is 0 Å². The monoisotopic (exact) mass is 778 g/mol. The number of nitrogens with zero attached hydrogens (tertiary/aromatic N) is 2. The Morgan fingerprint density at radius 1 is 0.328 bits per heavy atom. The zero-order chi connectivity index (χ0) is 40.3. The summed E-state index contributed by atoms with van der Waals surface area (Å²) in [6, 6.07) is 82.7. The fourth-order valence-electron chi connectivity index (χ4n) is 9.48. The van der Waals surface area contributed by atoms with Crippen LogP contribution in [0.3, 0.4) is 0 Å². The Morgan fingerprint density at radius 2 is 0.918 bits per heavy atom. The van der Waals surface area contributed by atoms with Gasteiger partial charge in [0.1, 0.15) is 11.2 Å². The lowest BCUT2D eigenvalue weighted by atomic mass is 9.92. The second-order valence-corrected chi connectivity index (χ2v) is 15.6. The summed E-state index contributed by atoms with van der Waals surface area (Å²) in [5, 5.41) is 7.01. The third kappa shape index (κ3) is 5.74. The van der Waals surface area contributed by atoms with Crippen LogP contribution in [-0.2, 0) is 0 Å².